The summed E-state index contributed by atoms with van der Waals surface area (Å²) in [6, 6.07) is 19.3. The van der Waals surface area contributed by atoms with Gasteiger partial charge in [-0.15, -0.1) is 0 Å². The second-order valence-corrected chi connectivity index (χ2v) is 9.34. The summed E-state index contributed by atoms with van der Waals surface area (Å²) in [6.07, 6.45) is 9.28. The van der Waals surface area contributed by atoms with Gasteiger partial charge in [0.1, 0.15) is 17.7 Å². The minimum atomic E-state index is -0.986. The van der Waals surface area contributed by atoms with Gasteiger partial charge in [0.25, 0.3) is 0 Å². The van der Waals surface area contributed by atoms with Gasteiger partial charge in [0.2, 0.25) is 0 Å². The van der Waals surface area contributed by atoms with Crippen molar-refractivity contribution in [3.05, 3.63) is 101 Å². The molecule has 0 amide bonds. The first-order valence-corrected chi connectivity index (χ1v) is 12.7. The fourth-order valence-corrected chi connectivity index (χ4v) is 4.62. The van der Waals surface area contributed by atoms with Crippen molar-refractivity contribution in [3.8, 4) is 5.75 Å². The van der Waals surface area contributed by atoms with Gasteiger partial charge in [-0.25, -0.2) is 9.18 Å². The number of allylic oxidation sites excluding steroid dienone is 1. The second-order valence-electron chi connectivity index (χ2n) is 9.34. The zero-order valence-corrected chi connectivity index (χ0v) is 20.9. The van der Waals surface area contributed by atoms with Crippen molar-refractivity contribution >= 4 is 34.6 Å². The Morgan fingerprint density at radius 1 is 1.11 bits per heavy atom. The molecule has 7 heteroatoms. The number of hydrogen-bond acceptors (Lipinski definition) is 4. The van der Waals surface area contributed by atoms with E-state index >= 15 is 4.39 Å². The largest absolute Gasteiger partial charge is 0.490 e. The summed E-state index contributed by atoms with van der Waals surface area (Å²) in [5.41, 5.74) is 5.13. The SMILES string of the molecule is O=C(O)C=Cc1ccc(C=C(CCc2ccc3[nH]ncc3c2F)c2cccc(OC3CCOCC3)c2)cc1. The van der Waals surface area contributed by atoms with E-state index in [0.29, 0.717) is 42.5 Å². The molecule has 5 rings (SSSR count). The van der Waals surface area contributed by atoms with Gasteiger partial charge in [-0.2, -0.15) is 5.10 Å². The van der Waals surface area contributed by atoms with E-state index < -0.39 is 5.97 Å². The number of ether oxygens (including phenoxy) is 2. The van der Waals surface area contributed by atoms with Crippen molar-refractivity contribution in [1.82, 2.24) is 10.2 Å². The number of aliphatic carboxylic acids is 1. The third-order valence-corrected chi connectivity index (χ3v) is 6.67. The molecule has 6 nitrogen and oxygen atoms in total. The standard InChI is InChI=1S/C31H29FN2O4/c32-31-23(11-12-29-28(31)20-33-34-29)9-10-25(18-22-6-4-21(5-7-22)8-13-30(35)36)24-2-1-3-27(19-24)38-26-14-16-37-17-15-26/h1-8,11-13,18-20,26H,9-10,14-17H2,(H,33,34)(H,35,36). The molecule has 3 aromatic carbocycles. The molecule has 0 saturated carbocycles. The summed E-state index contributed by atoms with van der Waals surface area (Å²) in [5.74, 6) is -0.429. The van der Waals surface area contributed by atoms with Crippen LogP contribution in [-0.2, 0) is 16.0 Å². The van der Waals surface area contributed by atoms with E-state index in [1.54, 1.807) is 6.08 Å². The molecular weight excluding hydrogens is 483 g/mol. The first-order chi connectivity index (χ1) is 18.5. The van der Waals surface area contributed by atoms with Crippen molar-refractivity contribution in [1.29, 1.82) is 0 Å². The molecule has 1 aliphatic rings. The van der Waals surface area contributed by atoms with Gasteiger partial charge in [0.05, 0.1) is 30.3 Å². The van der Waals surface area contributed by atoms with Gasteiger partial charge in [-0.3, -0.25) is 5.10 Å². The van der Waals surface area contributed by atoms with Crippen LogP contribution in [0.25, 0.3) is 28.6 Å². The molecule has 38 heavy (non-hydrogen) atoms. The minimum Gasteiger partial charge on any atom is -0.490 e. The number of carboxylic acid groups (broad SMARTS) is 1. The third-order valence-electron chi connectivity index (χ3n) is 6.67. The lowest BCUT2D eigenvalue weighted by Crippen LogP contribution is -2.25. The molecule has 0 atom stereocenters. The number of fused-ring (bicyclic) bond motifs is 1. The van der Waals surface area contributed by atoms with E-state index in [1.165, 1.54) is 6.20 Å². The number of halogens is 1. The van der Waals surface area contributed by atoms with Crippen LogP contribution in [-0.4, -0.2) is 40.6 Å². The lowest BCUT2D eigenvalue weighted by Gasteiger charge is -2.23. The zero-order chi connectivity index (χ0) is 26.3. The van der Waals surface area contributed by atoms with Gasteiger partial charge in [-0.05, 0) is 64.9 Å². The number of aromatic amines is 1. The molecule has 1 aromatic heterocycles. The van der Waals surface area contributed by atoms with Gasteiger partial charge < -0.3 is 14.6 Å². The summed E-state index contributed by atoms with van der Waals surface area (Å²) in [7, 11) is 0. The fourth-order valence-electron chi connectivity index (χ4n) is 4.62. The van der Waals surface area contributed by atoms with Crippen LogP contribution in [0.1, 0.15) is 41.5 Å². The number of nitrogens with one attached hydrogen (secondary N) is 1. The Balaban J connectivity index is 1.42. The molecule has 0 bridgehead atoms. The lowest BCUT2D eigenvalue weighted by atomic mass is 9.95. The molecule has 4 aromatic rings. The van der Waals surface area contributed by atoms with Crippen LogP contribution in [0.3, 0.4) is 0 Å². The van der Waals surface area contributed by atoms with E-state index in [4.69, 9.17) is 14.6 Å². The number of carbonyl (C=O) groups is 1. The maximum atomic E-state index is 15.1. The second kappa shape index (κ2) is 11.9. The molecule has 2 N–H and O–H groups in total. The topological polar surface area (TPSA) is 84.4 Å². The number of nitrogens with zero attached hydrogens (tertiary/aromatic N) is 1. The number of benzene rings is 3. The molecule has 0 aliphatic carbocycles. The van der Waals surface area contributed by atoms with Crippen molar-refractivity contribution in [2.75, 3.05) is 13.2 Å². The summed E-state index contributed by atoms with van der Waals surface area (Å²) < 4.78 is 26.8. The predicted molar refractivity (Wildman–Crippen MR) is 146 cm³/mol. The van der Waals surface area contributed by atoms with E-state index in [2.05, 4.69) is 16.3 Å². The predicted octanol–water partition coefficient (Wildman–Crippen LogP) is 6.53. The number of aryl methyl sites for hydroxylation is 1. The van der Waals surface area contributed by atoms with Crippen LogP contribution in [0.2, 0.25) is 0 Å². The number of H-pyrrole nitrogens is 1. The fraction of sp³-hybridized carbons (Fsp3) is 0.226. The van der Waals surface area contributed by atoms with E-state index in [-0.39, 0.29) is 11.9 Å². The summed E-state index contributed by atoms with van der Waals surface area (Å²) in [4.78, 5) is 10.8. The monoisotopic (exact) mass is 512 g/mol. The van der Waals surface area contributed by atoms with E-state index in [9.17, 15) is 4.79 Å². The first-order valence-electron chi connectivity index (χ1n) is 12.7. The number of hydrogen-bond donors (Lipinski definition) is 2. The molecule has 1 aliphatic heterocycles. The first kappa shape index (κ1) is 25.4. The summed E-state index contributed by atoms with van der Waals surface area (Å²) >= 11 is 0. The van der Waals surface area contributed by atoms with Gasteiger partial charge >= 0.3 is 5.97 Å². The molecule has 2 heterocycles. The van der Waals surface area contributed by atoms with Crippen LogP contribution < -0.4 is 4.74 Å². The summed E-state index contributed by atoms with van der Waals surface area (Å²) in [6.45, 7) is 1.42. The average molecular weight is 513 g/mol. The van der Waals surface area contributed by atoms with Crippen LogP contribution in [0.4, 0.5) is 4.39 Å². The number of carboxylic acids is 1. The Bertz CT molecular complexity index is 1470. The summed E-state index contributed by atoms with van der Waals surface area (Å²) in [5, 5.41) is 16.1. The molecule has 0 radical (unpaired) electrons. The van der Waals surface area contributed by atoms with Crippen LogP contribution >= 0.6 is 0 Å². The highest BCUT2D eigenvalue weighted by atomic mass is 19.1. The number of rotatable bonds is 9. The van der Waals surface area contributed by atoms with E-state index in [0.717, 1.165) is 46.9 Å². The Morgan fingerprint density at radius 2 is 1.89 bits per heavy atom. The van der Waals surface area contributed by atoms with Crippen molar-refractivity contribution in [2.45, 2.75) is 31.8 Å². The van der Waals surface area contributed by atoms with E-state index in [1.807, 2.05) is 60.7 Å². The Morgan fingerprint density at radius 3 is 2.68 bits per heavy atom. The Hall–Kier alpha value is -4.23. The molecular formula is C31H29FN2O4. The highest BCUT2D eigenvalue weighted by Gasteiger charge is 2.16. The highest BCUT2D eigenvalue weighted by Crippen LogP contribution is 2.29. The maximum absolute atomic E-state index is 15.1. The smallest absolute Gasteiger partial charge is 0.328 e. The Labute approximate surface area is 220 Å². The van der Waals surface area contributed by atoms with Crippen LogP contribution in [0.5, 0.6) is 5.75 Å². The molecule has 1 fully saturated rings. The molecule has 1 saturated heterocycles. The van der Waals surface area contributed by atoms with Gasteiger partial charge in [-0.1, -0.05) is 48.5 Å². The minimum absolute atomic E-state index is 0.133. The van der Waals surface area contributed by atoms with Crippen LogP contribution in [0.15, 0.2) is 72.9 Å². The molecule has 194 valence electrons. The average Bonchev–Trinajstić information content (AvgIpc) is 3.42. The maximum Gasteiger partial charge on any atom is 0.328 e. The molecule has 0 spiro atoms. The zero-order valence-electron chi connectivity index (χ0n) is 20.9. The van der Waals surface area contributed by atoms with Gasteiger partial charge in [0.15, 0.2) is 0 Å². The van der Waals surface area contributed by atoms with Crippen molar-refractivity contribution in [3.63, 3.8) is 0 Å². The number of aromatic nitrogens is 2. The third kappa shape index (κ3) is 6.36. The molecule has 0 unspecified atom stereocenters. The van der Waals surface area contributed by atoms with Crippen molar-refractivity contribution in [2.24, 2.45) is 0 Å². The Kier molecular flexibility index (Phi) is 7.95. The van der Waals surface area contributed by atoms with Crippen LogP contribution in [0, 0.1) is 5.82 Å². The normalized spacial score (nSPS) is 14.8. The van der Waals surface area contributed by atoms with Crippen molar-refractivity contribution < 1.29 is 23.8 Å². The highest BCUT2D eigenvalue weighted by molar-refractivity contribution is 5.86. The quantitative estimate of drug-likeness (QED) is 0.197. The lowest BCUT2D eigenvalue weighted by molar-refractivity contribution is -0.131. The van der Waals surface area contributed by atoms with Gasteiger partial charge in [0, 0.05) is 18.9 Å².